The summed E-state index contributed by atoms with van der Waals surface area (Å²) in [6.07, 6.45) is 5.60. The van der Waals surface area contributed by atoms with Crippen molar-refractivity contribution in [3.05, 3.63) is 66.4 Å². The van der Waals surface area contributed by atoms with E-state index in [1.54, 1.807) is 48.7 Å². The number of rotatable bonds is 6. The molecule has 178 valence electrons. The van der Waals surface area contributed by atoms with E-state index in [9.17, 15) is 13.2 Å². The third-order valence-corrected chi connectivity index (χ3v) is 8.40. The molecule has 1 saturated carbocycles. The summed E-state index contributed by atoms with van der Waals surface area (Å²) in [5.74, 6) is 0.818. The number of anilines is 1. The van der Waals surface area contributed by atoms with Crippen LogP contribution in [0.25, 0.3) is 10.9 Å². The fraction of sp³-hybridized carbons (Fsp3) is 0.385. The van der Waals surface area contributed by atoms with E-state index < -0.39 is 10.0 Å². The van der Waals surface area contributed by atoms with Gasteiger partial charge in [0.15, 0.2) is 0 Å². The zero-order valence-corrected chi connectivity index (χ0v) is 20.2. The monoisotopic (exact) mass is 478 g/mol. The van der Waals surface area contributed by atoms with E-state index in [2.05, 4.69) is 21.5 Å². The van der Waals surface area contributed by atoms with Gasteiger partial charge in [-0.15, -0.1) is 0 Å². The molecule has 1 atom stereocenters. The molecule has 5 rings (SSSR count). The molecule has 0 radical (unpaired) electrons. The topological polar surface area (TPSA) is 82.6 Å². The van der Waals surface area contributed by atoms with E-state index in [0.29, 0.717) is 16.8 Å². The number of fused-ring (bicyclic) bond motifs is 1. The number of pyridine rings is 1. The first kappa shape index (κ1) is 22.8. The van der Waals surface area contributed by atoms with Crippen molar-refractivity contribution in [2.75, 3.05) is 30.9 Å². The molecule has 2 aromatic carbocycles. The van der Waals surface area contributed by atoms with Crippen LogP contribution in [0.3, 0.4) is 0 Å². The highest BCUT2D eigenvalue weighted by Crippen LogP contribution is 2.28. The van der Waals surface area contributed by atoms with Crippen LogP contribution >= 0.6 is 0 Å². The number of aromatic nitrogens is 1. The summed E-state index contributed by atoms with van der Waals surface area (Å²) in [6, 6.07) is 15.5. The lowest BCUT2D eigenvalue weighted by Gasteiger charge is -2.42. The van der Waals surface area contributed by atoms with Gasteiger partial charge in [-0.2, -0.15) is 0 Å². The third-order valence-electron chi connectivity index (χ3n) is 6.98. The number of carbonyl (C=O) groups is 1. The van der Waals surface area contributed by atoms with Crippen molar-refractivity contribution >= 4 is 32.5 Å². The van der Waals surface area contributed by atoms with Crippen molar-refractivity contribution in [3.63, 3.8) is 0 Å². The van der Waals surface area contributed by atoms with Crippen molar-refractivity contribution in [2.24, 2.45) is 5.92 Å². The van der Waals surface area contributed by atoms with Gasteiger partial charge < -0.3 is 4.90 Å². The number of nitrogens with one attached hydrogen (secondary N) is 1. The maximum Gasteiger partial charge on any atom is 0.264 e. The Morgan fingerprint density at radius 2 is 1.82 bits per heavy atom. The summed E-state index contributed by atoms with van der Waals surface area (Å²) in [5, 5.41) is 0.758. The van der Waals surface area contributed by atoms with E-state index in [1.807, 2.05) is 17.0 Å². The van der Waals surface area contributed by atoms with Gasteiger partial charge in [0, 0.05) is 55.1 Å². The number of benzene rings is 2. The smallest absolute Gasteiger partial charge is 0.264 e. The maximum atomic E-state index is 13.1. The highest BCUT2D eigenvalue weighted by atomic mass is 32.2. The van der Waals surface area contributed by atoms with Crippen molar-refractivity contribution in [1.29, 1.82) is 0 Å². The van der Waals surface area contributed by atoms with E-state index in [0.717, 1.165) is 37.5 Å². The molecule has 8 heteroatoms. The third kappa shape index (κ3) is 4.65. The number of carbonyl (C=O) groups excluding carboxylic acids is 1. The van der Waals surface area contributed by atoms with Crippen LogP contribution < -0.4 is 4.72 Å². The lowest BCUT2D eigenvalue weighted by molar-refractivity contribution is 0.0424. The number of hydrogen-bond donors (Lipinski definition) is 1. The first-order valence-corrected chi connectivity index (χ1v) is 13.4. The largest absolute Gasteiger partial charge is 0.333 e. The summed E-state index contributed by atoms with van der Waals surface area (Å²) < 4.78 is 28.7. The fourth-order valence-electron chi connectivity index (χ4n) is 4.89. The van der Waals surface area contributed by atoms with Crippen LogP contribution in [-0.2, 0) is 10.0 Å². The molecule has 0 unspecified atom stereocenters. The van der Waals surface area contributed by atoms with Crippen molar-refractivity contribution < 1.29 is 13.2 Å². The van der Waals surface area contributed by atoms with Gasteiger partial charge in [-0.1, -0.05) is 24.6 Å². The Kier molecular flexibility index (Phi) is 6.27. The Hall–Kier alpha value is -2.97. The van der Waals surface area contributed by atoms with E-state index in [4.69, 9.17) is 0 Å². The predicted molar refractivity (Wildman–Crippen MR) is 133 cm³/mol. The summed E-state index contributed by atoms with van der Waals surface area (Å²) >= 11 is 0. The second kappa shape index (κ2) is 9.35. The zero-order chi connectivity index (χ0) is 23.7. The average Bonchev–Trinajstić information content (AvgIpc) is 2.81. The summed E-state index contributed by atoms with van der Waals surface area (Å²) in [4.78, 5) is 21.9. The van der Waals surface area contributed by atoms with Crippen LogP contribution in [0.15, 0.2) is 65.7 Å². The standard InChI is InChI=1S/C26H30N4O3S/c1-19-17-29(18-20-5-2-6-20)15-16-30(19)26(31)22-10-12-23(13-11-22)28-34(32,33)24-9-3-7-21-8-4-14-27-25(21)24/h3-4,7-14,19-20,28H,2,5-6,15-18H2,1H3/t19-/m1/s1. The van der Waals surface area contributed by atoms with Gasteiger partial charge in [-0.3, -0.25) is 19.4 Å². The molecule has 0 spiro atoms. The summed E-state index contributed by atoms with van der Waals surface area (Å²) in [7, 11) is -3.83. The average molecular weight is 479 g/mol. The molecule has 1 aliphatic heterocycles. The van der Waals surface area contributed by atoms with E-state index >= 15 is 0 Å². The van der Waals surface area contributed by atoms with Crippen LogP contribution in [-0.4, -0.2) is 61.3 Å². The van der Waals surface area contributed by atoms with Gasteiger partial charge in [0.05, 0.1) is 5.52 Å². The molecule has 7 nitrogen and oxygen atoms in total. The molecular formula is C26H30N4O3S. The first-order chi connectivity index (χ1) is 16.4. The second-order valence-corrected chi connectivity index (χ2v) is 11.1. The predicted octanol–water partition coefficient (Wildman–Crippen LogP) is 3.98. The Morgan fingerprint density at radius 1 is 1.06 bits per heavy atom. The number of para-hydroxylation sites is 1. The molecule has 34 heavy (non-hydrogen) atoms. The molecule has 2 aliphatic rings. The molecule has 3 aromatic rings. The van der Waals surface area contributed by atoms with Gasteiger partial charge in [0.25, 0.3) is 15.9 Å². The number of amides is 1. The normalized spacial score (nSPS) is 19.7. The van der Waals surface area contributed by atoms with Crippen molar-refractivity contribution in [3.8, 4) is 0 Å². The minimum absolute atomic E-state index is 0.0107. The van der Waals surface area contributed by atoms with Gasteiger partial charge in [0.2, 0.25) is 0 Å². The molecule has 1 saturated heterocycles. The minimum Gasteiger partial charge on any atom is -0.333 e. The van der Waals surface area contributed by atoms with Gasteiger partial charge in [-0.25, -0.2) is 8.42 Å². The van der Waals surface area contributed by atoms with Crippen molar-refractivity contribution in [1.82, 2.24) is 14.8 Å². The van der Waals surface area contributed by atoms with Gasteiger partial charge in [-0.05, 0) is 62.1 Å². The molecule has 0 bridgehead atoms. The Labute approximate surface area is 200 Å². The maximum absolute atomic E-state index is 13.1. The van der Waals surface area contributed by atoms with Crippen LogP contribution in [0.4, 0.5) is 5.69 Å². The van der Waals surface area contributed by atoms with Crippen LogP contribution in [0.2, 0.25) is 0 Å². The Bertz CT molecular complexity index is 1280. The molecule has 1 aromatic heterocycles. The number of piperazine rings is 1. The highest BCUT2D eigenvalue weighted by Gasteiger charge is 2.30. The first-order valence-electron chi connectivity index (χ1n) is 11.9. The van der Waals surface area contributed by atoms with Crippen LogP contribution in [0, 0.1) is 5.92 Å². The van der Waals surface area contributed by atoms with E-state index in [1.165, 1.54) is 19.3 Å². The molecule has 1 N–H and O–H groups in total. The van der Waals surface area contributed by atoms with Crippen molar-refractivity contribution in [2.45, 2.75) is 37.1 Å². The number of sulfonamides is 1. The van der Waals surface area contributed by atoms with Gasteiger partial charge >= 0.3 is 0 Å². The molecule has 1 amide bonds. The van der Waals surface area contributed by atoms with Gasteiger partial charge in [0.1, 0.15) is 4.90 Å². The molecule has 2 fully saturated rings. The zero-order valence-electron chi connectivity index (χ0n) is 19.4. The second-order valence-electron chi connectivity index (χ2n) is 9.42. The Balaban J connectivity index is 1.26. The SMILES string of the molecule is C[C@@H]1CN(CC2CCC2)CCN1C(=O)c1ccc(NS(=O)(=O)c2cccc3cccnc23)cc1. The fourth-order valence-corrected chi connectivity index (χ4v) is 6.13. The van der Waals surface area contributed by atoms with Crippen LogP contribution in [0.5, 0.6) is 0 Å². The Morgan fingerprint density at radius 3 is 2.53 bits per heavy atom. The molecular weight excluding hydrogens is 448 g/mol. The summed E-state index contributed by atoms with van der Waals surface area (Å²) in [5.41, 5.74) is 1.40. The number of nitrogens with zero attached hydrogens (tertiary/aromatic N) is 3. The molecule has 2 heterocycles. The van der Waals surface area contributed by atoms with Crippen LogP contribution in [0.1, 0.15) is 36.5 Å². The lowest BCUT2D eigenvalue weighted by Crippen LogP contribution is -2.55. The lowest BCUT2D eigenvalue weighted by atomic mass is 9.85. The minimum atomic E-state index is -3.83. The molecule has 1 aliphatic carbocycles. The summed E-state index contributed by atoms with van der Waals surface area (Å²) in [6.45, 7) is 5.77. The van der Waals surface area contributed by atoms with E-state index in [-0.39, 0.29) is 16.8 Å². The highest BCUT2D eigenvalue weighted by molar-refractivity contribution is 7.93. The quantitative estimate of drug-likeness (QED) is 0.579. The number of hydrogen-bond acceptors (Lipinski definition) is 5.